The predicted octanol–water partition coefficient (Wildman–Crippen LogP) is 3.05. The van der Waals surface area contributed by atoms with Gasteiger partial charge in [0.25, 0.3) is 0 Å². The Morgan fingerprint density at radius 2 is 1.76 bits per heavy atom. The van der Waals surface area contributed by atoms with Gasteiger partial charge >= 0.3 is 11.9 Å². The molecule has 0 aliphatic carbocycles. The van der Waals surface area contributed by atoms with Crippen molar-refractivity contribution in [3.8, 4) is 0 Å². The molecule has 2 aromatic heterocycles. The largest absolute Gasteiger partial charge is 0.396 e. The van der Waals surface area contributed by atoms with Gasteiger partial charge in [0.2, 0.25) is 0 Å². The molecule has 0 aromatic carbocycles. The van der Waals surface area contributed by atoms with E-state index in [4.69, 9.17) is 0 Å². The molecule has 17 heavy (non-hydrogen) atoms. The van der Waals surface area contributed by atoms with E-state index in [0.717, 1.165) is 4.88 Å². The first-order valence-electron chi connectivity index (χ1n) is 4.70. The molecule has 4 nitrogen and oxygen atoms in total. The van der Waals surface area contributed by atoms with Gasteiger partial charge in [-0.3, -0.25) is 0 Å². The van der Waals surface area contributed by atoms with Crippen molar-refractivity contribution in [1.82, 2.24) is 0 Å². The minimum Gasteiger partial charge on any atom is -0.241 e. The third kappa shape index (κ3) is 2.92. The highest BCUT2D eigenvalue weighted by Gasteiger charge is 2.15. The van der Waals surface area contributed by atoms with Crippen molar-refractivity contribution in [3.63, 3.8) is 0 Å². The molecule has 0 radical (unpaired) electrons. The molecule has 0 N–H and O–H groups in total. The van der Waals surface area contributed by atoms with Crippen LogP contribution in [0, 0.1) is 6.92 Å². The lowest BCUT2D eigenvalue weighted by Gasteiger charge is -1.99. The van der Waals surface area contributed by atoms with Crippen molar-refractivity contribution in [3.05, 3.63) is 44.3 Å². The van der Waals surface area contributed by atoms with Crippen LogP contribution in [0.3, 0.4) is 0 Å². The van der Waals surface area contributed by atoms with Crippen molar-refractivity contribution < 1.29 is 19.4 Å². The molecule has 0 bridgehead atoms. The second-order valence-corrected chi connectivity index (χ2v) is 5.36. The monoisotopic (exact) mass is 268 g/mol. The Kier molecular flexibility index (Phi) is 3.55. The molecule has 0 spiro atoms. The second kappa shape index (κ2) is 5.11. The normalized spacial score (nSPS) is 9.94. The zero-order valence-corrected chi connectivity index (χ0v) is 10.5. The number of carbonyl (C=O) groups excluding carboxylic acids is 2. The van der Waals surface area contributed by atoms with Crippen LogP contribution in [-0.2, 0) is 9.78 Å². The fraction of sp³-hybridized carbons (Fsp3) is 0.0909. The van der Waals surface area contributed by atoms with Gasteiger partial charge in [-0.25, -0.2) is 19.4 Å². The average Bonchev–Trinajstić information content (AvgIpc) is 2.95. The van der Waals surface area contributed by atoms with Gasteiger partial charge in [0.05, 0.1) is 0 Å². The molecule has 0 unspecified atom stereocenters. The predicted molar refractivity (Wildman–Crippen MR) is 64.2 cm³/mol. The molecule has 2 rings (SSSR count). The molecule has 88 valence electrons. The Morgan fingerprint density at radius 1 is 1.06 bits per heavy atom. The number of hydrogen-bond donors (Lipinski definition) is 0. The standard InChI is InChI=1S/C11H8O4S2/c1-7-4-5-9(17-7)11(13)15-14-10(12)8-3-2-6-16-8/h2-6H,1H3. The fourth-order valence-corrected chi connectivity index (χ4v) is 2.42. The quantitative estimate of drug-likeness (QED) is 0.620. The summed E-state index contributed by atoms with van der Waals surface area (Å²) in [6.45, 7) is 1.87. The van der Waals surface area contributed by atoms with Crippen LogP contribution < -0.4 is 0 Å². The van der Waals surface area contributed by atoms with Gasteiger partial charge in [0, 0.05) is 4.88 Å². The van der Waals surface area contributed by atoms with E-state index in [1.165, 1.54) is 22.7 Å². The number of hydrogen-bond acceptors (Lipinski definition) is 6. The minimum absolute atomic E-state index is 0.389. The molecule has 6 heteroatoms. The zero-order chi connectivity index (χ0) is 12.3. The van der Waals surface area contributed by atoms with E-state index in [9.17, 15) is 9.59 Å². The minimum atomic E-state index is -0.665. The number of aryl methyl sites for hydroxylation is 1. The Bertz CT molecular complexity index is 527. The summed E-state index contributed by atoms with van der Waals surface area (Å²) in [4.78, 5) is 33.5. The van der Waals surface area contributed by atoms with E-state index in [0.29, 0.717) is 9.75 Å². The van der Waals surface area contributed by atoms with Gasteiger partial charge in [-0.1, -0.05) is 6.07 Å². The lowest BCUT2D eigenvalue weighted by molar-refractivity contribution is -0.187. The smallest absolute Gasteiger partial charge is 0.241 e. The highest BCUT2D eigenvalue weighted by Crippen LogP contribution is 2.17. The summed E-state index contributed by atoms with van der Waals surface area (Å²) in [5.74, 6) is -1.32. The first-order valence-corrected chi connectivity index (χ1v) is 6.39. The van der Waals surface area contributed by atoms with Gasteiger partial charge in [0.15, 0.2) is 0 Å². The Hall–Kier alpha value is -1.66. The highest BCUT2D eigenvalue weighted by molar-refractivity contribution is 7.13. The first-order chi connectivity index (χ1) is 8.16. The summed E-state index contributed by atoms with van der Waals surface area (Å²) in [5.41, 5.74) is 0. The van der Waals surface area contributed by atoms with E-state index in [2.05, 4.69) is 9.78 Å². The van der Waals surface area contributed by atoms with E-state index in [1.807, 2.05) is 6.92 Å². The third-order valence-corrected chi connectivity index (χ3v) is 3.69. The first kappa shape index (κ1) is 11.8. The van der Waals surface area contributed by atoms with Crippen molar-refractivity contribution in [2.45, 2.75) is 6.92 Å². The van der Waals surface area contributed by atoms with Crippen LogP contribution in [0.4, 0.5) is 0 Å². The third-order valence-electron chi connectivity index (χ3n) is 1.86. The van der Waals surface area contributed by atoms with E-state index < -0.39 is 11.9 Å². The van der Waals surface area contributed by atoms with Crippen LogP contribution in [0.15, 0.2) is 29.6 Å². The summed E-state index contributed by atoms with van der Waals surface area (Å²) >= 11 is 2.50. The summed E-state index contributed by atoms with van der Waals surface area (Å²) in [6.07, 6.45) is 0. The molecule has 2 aromatic rings. The van der Waals surface area contributed by atoms with Crippen LogP contribution in [-0.4, -0.2) is 11.9 Å². The number of thiophene rings is 2. The lowest BCUT2D eigenvalue weighted by Crippen LogP contribution is -2.09. The molecule has 0 saturated carbocycles. The summed E-state index contributed by atoms with van der Waals surface area (Å²) in [6, 6.07) is 6.73. The van der Waals surface area contributed by atoms with Gasteiger partial charge in [-0.2, -0.15) is 0 Å². The zero-order valence-electron chi connectivity index (χ0n) is 8.84. The highest BCUT2D eigenvalue weighted by atomic mass is 32.1. The molecular formula is C11H8O4S2. The van der Waals surface area contributed by atoms with Crippen molar-refractivity contribution in [2.24, 2.45) is 0 Å². The molecular weight excluding hydrogens is 260 g/mol. The van der Waals surface area contributed by atoms with Gasteiger partial charge in [0.1, 0.15) is 9.75 Å². The van der Waals surface area contributed by atoms with Gasteiger partial charge in [-0.05, 0) is 30.5 Å². The topological polar surface area (TPSA) is 52.6 Å². The van der Waals surface area contributed by atoms with Crippen LogP contribution in [0.1, 0.15) is 24.2 Å². The molecule has 0 aliphatic rings. The summed E-state index contributed by atoms with van der Waals surface area (Å²) < 4.78 is 0. The molecule has 0 fully saturated rings. The van der Waals surface area contributed by atoms with E-state index in [-0.39, 0.29) is 0 Å². The lowest BCUT2D eigenvalue weighted by atomic mass is 10.4. The SMILES string of the molecule is Cc1ccc(C(=O)OOC(=O)c2cccs2)s1. The fourth-order valence-electron chi connectivity index (χ4n) is 1.10. The van der Waals surface area contributed by atoms with E-state index >= 15 is 0 Å². The maximum Gasteiger partial charge on any atom is 0.396 e. The molecule has 0 amide bonds. The maximum absolute atomic E-state index is 11.4. The van der Waals surface area contributed by atoms with Crippen LogP contribution in [0.25, 0.3) is 0 Å². The molecule has 0 saturated heterocycles. The number of rotatable bonds is 2. The number of carbonyl (C=O) groups is 2. The van der Waals surface area contributed by atoms with E-state index in [1.54, 1.807) is 29.6 Å². The molecule has 0 aliphatic heterocycles. The van der Waals surface area contributed by atoms with Crippen molar-refractivity contribution in [2.75, 3.05) is 0 Å². The summed E-state index contributed by atoms with van der Waals surface area (Å²) in [5, 5.41) is 1.74. The average molecular weight is 268 g/mol. The second-order valence-electron chi connectivity index (χ2n) is 3.13. The maximum atomic E-state index is 11.4. The van der Waals surface area contributed by atoms with Gasteiger partial charge in [-0.15, -0.1) is 22.7 Å². The van der Waals surface area contributed by atoms with Crippen molar-refractivity contribution >= 4 is 34.6 Å². The van der Waals surface area contributed by atoms with Crippen LogP contribution >= 0.6 is 22.7 Å². The Balaban J connectivity index is 1.91. The Labute approximate surface area is 105 Å². The van der Waals surface area contributed by atoms with Crippen LogP contribution in [0.5, 0.6) is 0 Å². The van der Waals surface area contributed by atoms with Crippen molar-refractivity contribution in [1.29, 1.82) is 0 Å². The Morgan fingerprint density at radius 3 is 2.29 bits per heavy atom. The van der Waals surface area contributed by atoms with Gasteiger partial charge < -0.3 is 0 Å². The summed E-state index contributed by atoms with van der Waals surface area (Å²) in [7, 11) is 0. The molecule has 2 heterocycles. The molecule has 0 atom stereocenters. The van der Waals surface area contributed by atoms with Crippen LogP contribution in [0.2, 0.25) is 0 Å².